The minimum absolute atomic E-state index is 0.353. The van der Waals surface area contributed by atoms with Gasteiger partial charge in [-0.2, -0.15) is 0 Å². The molecule has 1 amide bonds. The summed E-state index contributed by atoms with van der Waals surface area (Å²) in [5.41, 5.74) is 3.75. The molecule has 0 aliphatic carbocycles. The lowest BCUT2D eigenvalue weighted by Gasteiger charge is -2.28. The van der Waals surface area contributed by atoms with E-state index in [-0.39, 0.29) is 0 Å². The maximum atomic E-state index is 12.7. The normalized spacial score (nSPS) is 12.5. The molecule has 1 N–H and O–H groups in total. The maximum Gasteiger partial charge on any atom is 0.248 e. The molecule has 0 bridgehead atoms. The van der Waals surface area contributed by atoms with Gasteiger partial charge in [-0.05, 0) is 62.6 Å². The molecule has 0 spiro atoms. The summed E-state index contributed by atoms with van der Waals surface area (Å²) in [7, 11) is -3.69. The Kier molecular flexibility index (Phi) is 5.98. The van der Waals surface area contributed by atoms with Gasteiger partial charge in [0.2, 0.25) is 15.9 Å². The first kappa shape index (κ1) is 20.3. The fourth-order valence-corrected chi connectivity index (χ4v) is 3.98. The number of carbonyl (C=O) groups excluding carboxylic acids is 1. The summed E-state index contributed by atoms with van der Waals surface area (Å²) in [6.45, 7) is 7.19. The number of amides is 1. The molecule has 140 valence electrons. The average molecular weight is 395 g/mol. The van der Waals surface area contributed by atoms with Crippen LogP contribution in [0.4, 0.5) is 11.4 Å². The predicted octanol–water partition coefficient (Wildman–Crippen LogP) is 4.06. The van der Waals surface area contributed by atoms with Crippen LogP contribution in [0.1, 0.15) is 23.6 Å². The van der Waals surface area contributed by atoms with E-state index in [1.165, 1.54) is 0 Å². The fraction of sp³-hybridized carbons (Fsp3) is 0.316. The summed E-state index contributed by atoms with van der Waals surface area (Å²) in [6.07, 6.45) is 1.07. The molecule has 2 aromatic carbocycles. The smallest absolute Gasteiger partial charge is 0.248 e. The first-order valence-corrected chi connectivity index (χ1v) is 10.4. The molecule has 0 aromatic heterocycles. The average Bonchev–Trinajstić information content (AvgIpc) is 2.53. The van der Waals surface area contributed by atoms with Gasteiger partial charge < -0.3 is 5.32 Å². The zero-order valence-electron chi connectivity index (χ0n) is 15.5. The number of anilines is 2. The van der Waals surface area contributed by atoms with Gasteiger partial charge in [0.15, 0.2) is 0 Å². The molecule has 0 unspecified atom stereocenters. The van der Waals surface area contributed by atoms with Crippen LogP contribution in [0.25, 0.3) is 0 Å². The Hall–Kier alpha value is -2.05. The van der Waals surface area contributed by atoms with E-state index >= 15 is 0 Å². The van der Waals surface area contributed by atoms with Crippen molar-refractivity contribution in [3.63, 3.8) is 0 Å². The highest BCUT2D eigenvalue weighted by molar-refractivity contribution is 7.92. The quantitative estimate of drug-likeness (QED) is 0.831. The monoisotopic (exact) mass is 394 g/mol. The molecule has 0 saturated carbocycles. The summed E-state index contributed by atoms with van der Waals surface area (Å²) >= 11 is 6.14. The molecule has 0 radical (unpaired) electrons. The number of hydrogen-bond donors (Lipinski definition) is 1. The summed E-state index contributed by atoms with van der Waals surface area (Å²) < 4.78 is 25.8. The predicted molar refractivity (Wildman–Crippen MR) is 108 cm³/mol. The number of rotatable bonds is 5. The molecule has 7 heteroatoms. The maximum absolute atomic E-state index is 12.7. The summed E-state index contributed by atoms with van der Waals surface area (Å²) in [5, 5.41) is 3.26. The molecule has 0 heterocycles. The SMILES string of the molecule is Cc1ccc(C)c(NC(=O)[C@@H](C)N(c2ccc(C)c(Cl)c2)S(C)(=O)=O)c1. The van der Waals surface area contributed by atoms with Crippen molar-refractivity contribution in [2.24, 2.45) is 0 Å². The van der Waals surface area contributed by atoms with E-state index in [9.17, 15) is 13.2 Å². The molecule has 2 aromatic rings. The van der Waals surface area contributed by atoms with Crippen LogP contribution in [0, 0.1) is 20.8 Å². The minimum Gasteiger partial charge on any atom is -0.324 e. The van der Waals surface area contributed by atoms with Crippen LogP contribution >= 0.6 is 11.6 Å². The van der Waals surface area contributed by atoms with Crippen molar-refractivity contribution in [3.05, 3.63) is 58.1 Å². The zero-order valence-corrected chi connectivity index (χ0v) is 17.1. The van der Waals surface area contributed by atoms with E-state index in [0.29, 0.717) is 16.4 Å². The van der Waals surface area contributed by atoms with Gasteiger partial charge in [0.05, 0.1) is 11.9 Å². The van der Waals surface area contributed by atoms with Crippen molar-refractivity contribution in [1.82, 2.24) is 0 Å². The summed E-state index contributed by atoms with van der Waals surface area (Å²) in [6, 6.07) is 9.70. The second-order valence-electron chi connectivity index (χ2n) is 6.48. The van der Waals surface area contributed by atoms with Gasteiger partial charge in [-0.25, -0.2) is 8.42 Å². The number of nitrogens with zero attached hydrogens (tertiary/aromatic N) is 1. The van der Waals surface area contributed by atoms with Gasteiger partial charge in [0, 0.05) is 10.7 Å². The molecule has 0 aliphatic rings. The summed E-state index contributed by atoms with van der Waals surface area (Å²) in [4.78, 5) is 12.7. The molecule has 1 atom stereocenters. The molecule has 5 nitrogen and oxygen atoms in total. The highest BCUT2D eigenvalue weighted by Gasteiger charge is 2.29. The Morgan fingerprint density at radius 3 is 2.27 bits per heavy atom. The number of sulfonamides is 1. The van der Waals surface area contributed by atoms with Gasteiger partial charge in [-0.3, -0.25) is 9.10 Å². The second kappa shape index (κ2) is 7.68. The Morgan fingerprint density at radius 1 is 1.08 bits per heavy atom. The van der Waals surface area contributed by atoms with E-state index in [1.54, 1.807) is 25.1 Å². The van der Waals surface area contributed by atoms with Crippen molar-refractivity contribution in [2.75, 3.05) is 15.9 Å². The van der Waals surface area contributed by atoms with Crippen LogP contribution < -0.4 is 9.62 Å². The Balaban J connectivity index is 2.37. The number of hydrogen-bond acceptors (Lipinski definition) is 3. The molecule has 0 saturated heterocycles. The molecule has 0 fully saturated rings. The van der Waals surface area contributed by atoms with Crippen LogP contribution in [0.3, 0.4) is 0 Å². The van der Waals surface area contributed by atoms with Crippen LogP contribution in [0.15, 0.2) is 36.4 Å². The van der Waals surface area contributed by atoms with Crippen molar-refractivity contribution in [2.45, 2.75) is 33.7 Å². The largest absolute Gasteiger partial charge is 0.324 e. The zero-order chi connectivity index (χ0) is 19.6. The standard InChI is InChI=1S/C19H23ClN2O3S/c1-12-6-7-14(3)18(10-12)21-19(23)15(4)22(26(5,24)25)16-9-8-13(2)17(20)11-16/h6-11,15H,1-5H3,(H,21,23)/t15-/m1/s1. The Bertz CT molecular complexity index is 942. The van der Waals surface area contributed by atoms with E-state index < -0.39 is 22.0 Å². The van der Waals surface area contributed by atoms with Gasteiger partial charge in [0.25, 0.3) is 0 Å². The van der Waals surface area contributed by atoms with E-state index in [1.807, 2.05) is 39.0 Å². The molecule has 2 rings (SSSR count). The number of halogens is 1. The lowest BCUT2D eigenvalue weighted by Crippen LogP contribution is -2.45. The van der Waals surface area contributed by atoms with E-state index in [2.05, 4.69) is 5.32 Å². The van der Waals surface area contributed by atoms with Gasteiger partial charge in [-0.15, -0.1) is 0 Å². The van der Waals surface area contributed by atoms with Crippen LogP contribution in [0.2, 0.25) is 5.02 Å². The fourth-order valence-electron chi connectivity index (χ4n) is 2.64. The van der Waals surface area contributed by atoms with Crippen molar-refractivity contribution >= 4 is 38.9 Å². The van der Waals surface area contributed by atoms with Crippen molar-refractivity contribution < 1.29 is 13.2 Å². The highest BCUT2D eigenvalue weighted by atomic mass is 35.5. The lowest BCUT2D eigenvalue weighted by molar-refractivity contribution is -0.116. The second-order valence-corrected chi connectivity index (χ2v) is 8.74. The van der Waals surface area contributed by atoms with Crippen LogP contribution in [-0.2, 0) is 14.8 Å². The van der Waals surface area contributed by atoms with Gasteiger partial charge in [-0.1, -0.05) is 29.8 Å². The number of benzene rings is 2. The summed E-state index contributed by atoms with van der Waals surface area (Å²) in [5.74, 6) is -0.416. The highest BCUT2D eigenvalue weighted by Crippen LogP contribution is 2.27. The molecular weight excluding hydrogens is 372 g/mol. The Morgan fingerprint density at radius 2 is 1.69 bits per heavy atom. The Labute approximate surface area is 160 Å². The number of carbonyl (C=O) groups is 1. The van der Waals surface area contributed by atoms with Crippen LogP contribution in [0.5, 0.6) is 0 Å². The first-order valence-electron chi connectivity index (χ1n) is 8.14. The van der Waals surface area contributed by atoms with E-state index in [4.69, 9.17) is 11.6 Å². The number of nitrogens with one attached hydrogen (secondary N) is 1. The van der Waals surface area contributed by atoms with Gasteiger partial charge >= 0.3 is 0 Å². The lowest BCUT2D eigenvalue weighted by atomic mass is 10.1. The van der Waals surface area contributed by atoms with E-state index in [0.717, 1.165) is 27.3 Å². The molecular formula is C19H23ClN2O3S. The third kappa shape index (κ3) is 4.56. The van der Waals surface area contributed by atoms with Crippen LogP contribution in [-0.4, -0.2) is 26.6 Å². The third-order valence-electron chi connectivity index (χ3n) is 4.15. The van der Waals surface area contributed by atoms with Crippen molar-refractivity contribution in [3.8, 4) is 0 Å². The topological polar surface area (TPSA) is 66.5 Å². The molecule has 0 aliphatic heterocycles. The first-order chi connectivity index (χ1) is 12.0. The van der Waals surface area contributed by atoms with Crippen molar-refractivity contribution in [1.29, 1.82) is 0 Å². The third-order valence-corrected chi connectivity index (χ3v) is 5.80. The number of aryl methyl sites for hydroxylation is 3. The minimum atomic E-state index is -3.69. The molecule has 26 heavy (non-hydrogen) atoms. The van der Waals surface area contributed by atoms with Gasteiger partial charge in [0.1, 0.15) is 6.04 Å².